The lowest BCUT2D eigenvalue weighted by atomic mass is 10.1. The topological polar surface area (TPSA) is 90.0 Å². The standard InChI is InChI=1S/C15H23NO6/c1-2-21-14(19)8-6-4-3-5-7-9-15(20)22-16-12(17)10-11-13(16)18/h2-11H2,1H3. The number of ether oxygens (including phenoxy) is 1. The Morgan fingerprint density at radius 3 is 1.95 bits per heavy atom. The molecule has 1 rings (SSSR count). The second-order valence-electron chi connectivity index (χ2n) is 5.12. The molecule has 0 aliphatic carbocycles. The first-order valence-corrected chi connectivity index (χ1v) is 7.76. The summed E-state index contributed by atoms with van der Waals surface area (Å²) in [5, 5.41) is 0.571. The van der Waals surface area contributed by atoms with Crippen LogP contribution in [-0.2, 0) is 28.8 Å². The zero-order valence-corrected chi connectivity index (χ0v) is 13.0. The molecule has 0 aromatic carbocycles. The largest absolute Gasteiger partial charge is 0.466 e. The SMILES string of the molecule is CCOC(=O)CCCCCCCC(=O)ON1C(=O)CCC1=O. The van der Waals surface area contributed by atoms with Crippen LogP contribution in [0.2, 0.25) is 0 Å². The Labute approximate surface area is 129 Å². The van der Waals surface area contributed by atoms with Crippen LogP contribution in [0.1, 0.15) is 64.7 Å². The second-order valence-corrected chi connectivity index (χ2v) is 5.12. The van der Waals surface area contributed by atoms with Crippen molar-refractivity contribution in [2.45, 2.75) is 64.7 Å². The highest BCUT2D eigenvalue weighted by Gasteiger charge is 2.32. The van der Waals surface area contributed by atoms with Gasteiger partial charge in [0.05, 0.1) is 6.61 Å². The molecule has 2 amide bonds. The maximum atomic E-state index is 11.5. The molecular weight excluding hydrogens is 290 g/mol. The monoisotopic (exact) mass is 313 g/mol. The number of carbonyl (C=O) groups excluding carboxylic acids is 4. The van der Waals surface area contributed by atoms with Crippen molar-refractivity contribution in [2.24, 2.45) is 0 Å². The minimum atomic E-state index is -0.560. The predicted octanol–water partition coefficient (Wildman–Crippen LogP) is 1.89. The van der Waals surface area contributed by atoms with Gasteiger partial charge in [-0.15, -0.1) is 5.06 Å². The molecular formula is C15H23NO6. The number of hydrogen-bond acceptors (Lipinski definition) is 6. The number of esters is 1. The summed E-state index contributed by atoms with van der Waals surface area (Å²) in [5.41, 5.74) is 0. The molecule has 1 heterocycles. The molecule has 0 spiro atoms. The summed E-state index contributed by atoms with van der Waals surface area (Å²) in [6, 6.07) is 0. The lowest BCUT2D eigenvalue weighted by Crippen LogP contribution is -2.31. The van der Waals surface area contributed by atoms with Gasteiger partial charge < -0.3 is 9.57 Å². The van der Waals surface area contributed by atoms with Gasteiger partial charge in [-0.1, -0.05) is 19.3 Å². The van der Waals surface area contributed by atoms with E-state index in [0.29, 0.717) is 24.5 Å². The highest BCUT2D eigenvalue weighted by Crippen LogP contribution is 2.14. The Hall–Kier alpha value is -1.92. The van der Waals surface area contributed by atoms with E-state index < -0.39 is 17.8 Å². The van der Waals surface area contributed by atoms with Crippen molar-refractivity contribution in [2.75, 3.05) is 6.61 Å². The van der Waals surface area contributed by atoms with Crippen LogP contribution in [0.4, 0.5) is 0 Å². The third-order valence-electron chi connectivity index (χ3n) is 3.27. The summed E-state index contributed by atoms with van der Waals surface area (Å²) in [7, 11) is 0. The minimum Gasteiger partial charge on any atom is -0.466 e. The maximum absolute atomic E-state index is 11.5. The van der Waals surface area contributed by atoms with Crippen molar-refractivity contribution in [3.63, 3.8) is 0 Å². The van der Waals surface area contributed by atoms with Gasteiger partial charge in [0, 0.05) is 25.7 Å². The van der Waals surface area contributed by atoms with Crippen LogP contribution in [0, 0.1) is 0 Å². The Morgan fingerprint density at radius 2 is 1.41 bits per heavy atom. The third kappa shape index (κ3) is 6.69. The zero-order chi connectivity index (χ0) is 16.4. The molecule has 1 aliphatic heterocycles. The molecule has 1 fully saturated rings. The molecule has 0 saturated carbocycles. The van der Waals surface area contributed by atoms with E-state index in [0.717, 1.165) is 25.7 Å². The molecule has 1 aliphatic rings. The number of carbonyl (C=O) groups is 4. The van der Waals surface area contributed by atoms with Crippen LogP contribution in [0.15, 0.2) is 0 Å². The first kappa shape index (κ1) is 18.1. The number of nitrogens with zero attached hydrogens (tertiary/aromatic N) is 1. The number of imide groups is 1. The van der Waals surface area contributed by atoms with Gasteiger partial charge in [-0.05, 0) is 19.8 Å². The number of hydroxylamine groups is 2. The van der Waals surface area contributed by atoms with Crippen LogP contribution < -0.4 is 0 Å². The number of unbranched alkanes of at least 4 members (excludes halogenated alkanes) is 4. The highest BCUT2D eigenvalue weighted by atomic mass is 16.7. The summed E-state index contributed by atoms with van der Waals surface area (Å²) >= 11 is 0. The van der Waals surface area contributed by atoms with E-state index in [1.54, 1.807) is 6.92 Å². The molecule has 0 N–H and O–H groups in total. The van der Waals surface area contributed by atoms with Crippen molar-refractivity contribution < 1.29 is 28.8 Å². The lowest BCUT2D eigenvalue weighted by molar-refractivity contribution is -0.197. The van der Waals surface area contributed by atoms with E-state index in [9.17, 15) is 19.2 Å². The van der Waals surface area contributed by atoms with Crippen LogP contribution >= 0.6 is 0 Å². The fraction of sp³-hybridized carbons (Fsp3) is 0.733. The van der Waals surface area contributed by atoms with Gasteiger partial charge in [-0.2, -0.15) is 0 Å². The van der Waals surface area contributed by atoms with Gasteiger partial charge in [-0.3, -0.25) is 14.4 Å². The molecule has 0 atom stereocenters. The molecule has 0 radical (unpaired) electrons. The third-order valence-corrected chi connectivity index (χ3v) is 3.27. The van der Waals surface area contributed by atoms with E-state index in [1.165, 1.54) is 0 Å². The molecule has 7 nitrogen and oxygen atoms in total. The van der Waals surface area contributed by atoms with Crippen LogP contribution in [0.3, 0.4) is 0 Å². The Kier molecular flexibility index (Phi) is 8.17. The number of rotatable bonds is 10. The molecule has 0 bridgehead atoms. The molecule has 22 heavy (non-hydrogen) atoms. The predicted molar refractivity (Wildman–Crippen MR) is 76.1 cm³/mol. The normalized spacial score (nSPS) is 14.3. The summed E-state index contributed by atoms with van der Waals surface area (Å²) in [6.45, 7) is 2.18. The van der Waals surface area contributed by atoms with Crippen molar-refractivity contribution in [1.82, 2.24) is 5.06 Å². The molecule has 124 valence electrons. The summed E-state index contributed by atoms with van der Waals surface area (Å²) in [6.07, 6.45) is 4.86. The van der Waals surface area contributed by atoms with Gasteiger partial charge in [0.15, 0.2) is 0 Å². The van der Waals surface area contributed by atoms with Crippen molar-refractivity contribution in [3.8, 4) is 0 Å². The van der Waals surface area contributed by atoms with Crippen molar-refractivity contribution in [3.05, 3.63) is 0 Å². The maximum Gasteiger partial charge on any atom is 0.333 e. The fourth-order valence-corrected chi connectivity index (χ4v) is 2.11. The average Bonchev–Trinajstić information content (AvgIpc) is 2.78. The van der Waals surface area contributed by atoms with Gasteiger partial charge in [0.2, 0.25) is 0 Å². The van der Waals surface area contributed by atoms with Crippen molar-refractivity contribution in [1.29, 1.82) is 0 Å². The number of amides is 2. The number of hydrogen-bond donors (Lipinski definition) is 0. The molecule has 1 saturated heterocycles. The smallest absolute Gasteiger partial charge is 0.333 e. The van der Waals surface area contributed by atoms with Crippen molar-refractivity contribution >= 4 is 23.8 Å². The Bertz CT molecular complexity index is 404. The van der Waals surface area contributed by atoms with Gasteiger partial charge >= 0.3 is 11.9 Å². The first-order chi connectivity index (χ1) is 10.5. The summed E-state index contributed by atoms with van der Waals surface area (Å²) in [4.78, 5) is 49.9. The lowest BCUT2D eigenvalue weighted by Gasteiger charge is -2.12. The molecule has 0 aromatic rings. The highest BCUT2D eigenvalue weighted by molar-refractivity contribution is 6.01. The quantitative estimate of drug-likeness (QED) is 0.347. The van der Waals surface area contributed by atoms with E-state index in [4.69, 9.17) is 9.57 Å². The van der Waals surface area contributed by atoms with Gasteiger partial charge in [0.25, 0.3) is 11.8 Å². The minimum absolute atomic E-state index is 0.104. The van der Waals surface area contributed by atoms with Gasteiger partial charge in [0.1, 0.15) is 0 Å². The zero-order valence-electron chi connectivity index (χ0n) is 13.0. The van der Waals surface area contributed by atoms with Crippen LogP contribution in [0.25, 0.3) is 0 Å². The van der Waals surface area contributed by atoms with E-state index >= 15 is 0 Å². The average molecular weight is 313 g/mol. The molecule has 0 unspecified atom stereocenters. The second kappa shape index (κ2) is 9.92. The van der Waals surface area contributed by atoms with Crippen LogP contribution in [-0.4, -0.2) is 35.4 Å². The first-order valence-electron chi connectivity index (χ1n) is 7.76. The van der Waals surface area contributed by atoms with Crippen LogP contribution in [0.5, 0.6) is 0 Å². The van der Waals surface area contributed by atoms with E-state index in [2.05, 4.69) is 0 Å². The molecule has 0 aromatic heterocycles. The van der Waals surface area contributed by atoms with Gasteiger partial charge in [-0.25, -0.2) is 4.79 Å². The Morgan fingerprint density at radius 1 is 0.909 bits per heavy atom. The van der Waals surface area contributed by atoms with E-state index in [1.807, 2.05) is 0 Å². The molecule has 7 heteroatoms. The summed E-state index contributed by atoms with van der Waals surface area (Å²) in [5.74, 6) is -1.66. The van der Waals surface area contributed by atoms with E-state index in [-0.39, 0.29) is 25.2 Å². The Balaban J connectivity index is 2.00. The fourth-order valence-electron chi connectivity index (χ4n) is 2.11. The summed E-state index contributed by atoms with van der Waals surface area (Å²) < 4.78 is 4.82.